The van der Waals surface area contributed by atoms with Gasteiger partial charge < -0.3 is 4.74 Å². The number of unbranched alkanes of at least 4 members (excludes halogenated alkanes) is 2. The average Bonchev–Trinajstić information content (AvgIpc) is 2.26. The van der Waals surface area contributed by atoms with Crippen LogP contribution >= 0.6 is 0 Å². The number of carbonyl (C=O) groups is 1. The van der Waals surface area contributed by atoms with Gasteiger partial charge >= 0.3 is 5.97 Å². The lowest BCUT2D eigenvalue weighted by molar-refractivity contribution is -0.149. The molecule has 2 nitrogen and oxygen atoms in total. The first-order chi connectivity index (χ1) is 7.61. The highest BCUT2D eigenvalue weighted by molar-refractivity contribution is 5.71. The summed E-state index contributed by atoms with van der Waals surface area (Å²) in [6.45, 7) is 9.03. The third-order valence-electron chi connectivity index (χ3n) is 2.93. The molecule has 2 atom stereocenters. The van der Waals surface area contributed by atoms with Gasteiger partial charge in [-0.3, -0.25) is 4.79 Å². The molecule has 0 radical (unpaired) electrons. The Kier molecular flexibility index (Phi) is 9.36. The summed E-state index contributed by atoms with van der Waals surface area (Å²) in [6, 6.07) is 0. The number of rotatable bonds is 9. The number of ether oxygens (including phenoxy) is 1. The van der Waals surface area contributed by atoms with Crippen LogP contribution in [0.3, 0.4) is 0 Å². The van der Waals surface area contributed by atoms with Crippen LogP contribution in [0.2, 0.25) is 0 Å². The Balaban J connectivity index is 3.62. The standard InChI is InChI=1S/C14H28O2/c1-5-7-8-10-13(4)14(15)16-11-12(3)9-6-2/h12-13H,5-11H2,1-4H3. The van der Waals surface area contributed by atoms with Crippen LogP contribution in [0, 0.1) is 11.8 Å². The molecule has 0 amide bonds. The Bertz CT molecular complexity index is 178. The summed E-state index contributed by atoms with van der Waals surface area (Å²) in [7, 11) is 0. The van der Waals surface area contributed by atoms with Gasteiger partial charge in [-0.15, -0.1) is 0 Å². The zero-order chi connectivity index (χ0) is 12.4. The summed E-state index contributed by atoms with van der Waals surface area (Å²) in [5, 5.41) is 0. The molecule has 0 aromatic rings. The highest BCUT2D eigenvalue weighted by Gasteiger charge is 2.14. The van der Waals surface area contributed by atoms with Gasteiger partial charge in [-0.25, -0.2) is 0 Å². The minimum atomic E-state index is -0.0148. The number of esters is 1. The fraction of sp³-hybridized carbons (Fsp3) is 0.929. The Labute approximate surface area is 101 Å². The molecule has 0 aliphatic carbocycles. The van der Waals surface area contributed by atoms with E-state index in [4.69, 9.17) is 4.74 Å². The van der Waals surface area contributed by atoms with Gasteiger partial charge in [0.1, 0.15) is 0 Å². The van der Waals surface area contributed by atoms with E-state index in [1.807, 2.05) is 6.92 Å². The molecule has 0 aliphatic heterocycles. The molecular weight excluding hydrogens is 200 g/mol. The van der Waals surface area contributed by atoms with Gasteiger partial charge in [-0.2, -0.15) is 0 Å². The van der Waals surface area contributed by atoms with Crippen LogP contribution in [-0.2, 0) is 9.53 Å². The van der Waals surface area contributed by atoms with E-state index in [1.165, 1.54) is 12.8 Å². The van der Waals surface area contributed by atoms with Crippen molar-refractivity contribution in [3.63, 3.8) is 0 Å². The second-order valence-electron chi connectivity index (χ2n) is 4.92. The molecule has 0 aliphatic rings. The van der Waals surface area contributed by atoms with Crippen molar-refractivity contribution in [3.8, 4) is 0 Å². The van der Waals surface area contributed by atoms with Gasteiger partial charge in [0.15, 0.2) is 0 Å². The lowest BCUT2D eigenvalue weighted by Crippen LogP contribution is -2.18. The predicted octanol–water partition coefficient (Wildman–Crippen LogP) is 4.18. The summed E-state index contributed by atoms with van der Waals surface area (Å²) in [4.78, 5) is 11.6. The second kappa shape index (κ2) is 9.68. The minimum absolute atomic E-state index is 0.0148. The van der Waals surface area contributed by atoms with Gasteiger partial charge in [-0.05, 0) is 18.8 Å². The maximum Gasteiger partial charge on any atom is 0.308 e. The van der Waals surface area contributed by atoms with Crippen molar-refractivity contribution >= 4 is 5.97 Å². The van der Waals surface area contributed by atoms with Gasteiger partial charge in [0.25, 0.3) is 0 Å². The molecule has 96 valence electrons. The Morgan fingerprint density at radius 3 is 2.31 bits per heavy atom. The molecule has 0 spiro atoms. The maximum absolute atomic E-state index is 11.6. The first kappa shape index (κ1) is 15.5. The van der Waals surface area contributed by atoms with E-state index in [1.54, 1.807) is 0 Å². The summed E-state index contributed by atoms with van der Waals surface area (Å²) < 4.78 is 5.31. The molecule has 2 unspecified atom stereocenters. The van der Waals surface area contributed by atoms with Crippen molar-refractivity contribution in [3.05, 3.63) is 0 Å². The van der Waals surface area contributed by atoms with Crippen molar-refractivity contribution in [2.45, 2.75) is 66.2 Å². The van der Waals surface area contributed by atoms with Crippen LogP contribution in [0.15, 0.2) is 0 Å². The SMILES string of the molecule is CCCCCC(C)C(=O)OCC(C)CCC. The largest absolute Gasteiger partial charge is 0.465 e. The lowest BCUT2D eigenvalue weighted by Gasteiger charge is -2.14. The number of carbonyl (C=O) groups excluding carboxylic acids is 1. The fourth-order valence-corrected chi connectivity index (χ4v) is 1.76. The molecular formula is C14H28O2. The predicted molar refractivity (Wildman–Crippen MR) is 68.3 cm³/mol. The minimum Gasteiger partial charge on any atom is -0.465 e. The summed E-state index contributed by atoms with van der Waals surface area (Å²) in [5.74, 6) is 0.552. The Morgan fingerprint density at radius 2 is 1.75 bits per heavy atom. The van der Waals surface area contributed by atoms with Crippen molar-refractivity contribution in [2.75, 3.05) is 6.61 Å². The summed E-state index contributed by atoms with van der Waals surface area (Å²) in [5.41, 5.74) is 0. The molecule has 0 fully saturated rings. The van der Waals surface area contributed by atoms with Gasteiger partial charge in [0.05, 0.1) is 12.5 Å². The first-order valence-corrected chi connectivity index (χ1v) is 6.78. The molecule has 0 heterocycles. The van der Waals surface area contributed by atoms with E-state index in [-0.39, 0.29) is 11.9 Å². The molecule has 0 saturated carbocycles. The monoisotopic (exact) mass is 228 g/mol. The third kappa shape index (κ3) is 7.72. The maximum atomic E-state index is 11.6. The van der Waals surface area contributed by atoms with Crippen molar-refractivity contribution in [1.29, 1.82) is 0 Å². The molecule has 16 heavy (non-hydrogen) atoms. The number of hydrogen-bond donors (Lipinski definition) is 0. The van der Waals surface area contributed by atoms with E-state index in [2.05, 4.69) is 20.8 Å². The molecule has 0 bridgehead atoms. The van der Waals surface area contributed by atoms with Crippen LogP contribution in [-0.4, -0.2) is 12.6 Å². The van der Waals surface area contributed by atoms with Crippen molar-refractivity contribution < 1.29 is 9.53 Å². The fourth-order valence-electron chi connectivity index (χ4n) is 1.76. The van der Waals surface area contributed by atoms with E-state index in [9.17, 15) is 4.79 Å². The smallest absolute Gasteiger partial charge is 0.308 e. The highest BCUT2D eigenvalue weighted by atomic mass is 16.5. The van der Waals surface area contributed by atoms with E-state index in [0.29, 0.717) is 12.5 Å². The average molecular weight is 228 g/mol. The van der Waals surface area contributed by atoms with E-state index < -0.39 is 0 Å². The van der Waals surface area contributed by atoms with Gasteiger partial charge in [0.2, 0.25) is 0 Å². The van der Waals surface area contributed by atoms with E-state index in [0.717, 1.165) is 25.7 Å². The van der Waals surface area contributed by atoms with E-state index >= 15 is 0 Å². The quantitative estimate of drug-likeness (QED) is 0.437. The Morgan fingerprint density at radius 1 is 1.06 bits per heavy atom. The van der Waals surface area contributed by atoms with Crippen molar-refractivity contribution in [1.82, 2.24) is 0 Å². The lowest BCUT2D eigenvalue weighted by atomic mass is 10.0. The molecule has 0 aromatic carbocycles. The van der Waals surface area contributed by atoms with Gasteiger partial charge in [0, 0.05) is 0 Å². The molecule has 2 heteroatoms. The van der Waals surface area contributed by atoms with Crippen molar-refractivity contribution in [2.24, 2.45) is 11.8 Å². The first-order valence-electron chi connectivity index (χ1n) is 6.78. The Hall–Kier alpha value is -0.530. The van der Waals surface area contributed by atoms with Crippen LogP contribution in [0.1, 0.15) is 66.2 Å². The van der Waals surface area contributed by atoms with Crippen LogP contribution < -0.4 is 0 Å². The zero-order valence-corrected chi connectivity index (χ0v) is 11.4. The van der Waals surface area contributed by atoms with Crippen LogP contribution in [0.4, 0.5) is 0 Å². The molecule has 0 rings (SSSR count). The number of hydrogen-bond acceptors (Lipinski definition) is 2. The summed E-state index contributed by atoms with van der Waals surface area (Å²) in [6.07, 6.45) is 6.81. The zero-order valence-electron chi connectivity index (χ0n) is 11.4. The second-order valence-corrected chi connectivity index (χ2v) is 4.92. The van der Waals surface area contributed by atoms with Crippen LogP contribution in [0.25, 0.3) is 0 Å². The normalized spacial score (nSPS) is 14.5. The molecule has 0 saturated heterocycles. The molecule has 0 aromatic heterocycles. The van der Waals surface area contributed by atoms with Gasteiger partial charge in [-0.1, -0.05) is 53.4 Å². The molecule has 0 N–H and O–H groups in total. The third-order valence-corrected chi connectivity index (χ3v) is 2.93. The summed E-state index contributed by atoms with van der Waals surface area (Å²) >= 11 is 0. The topological polar surface area (TPSA) is 26.3 Å². The van der Waals surface area contributed by atoms with Crippen LogP contribution in [0.5, 0.6) is 0 Å². The highest BCUT2D eigenvalue weighted by Crippen LogP contribution is 2.12.